The van der Waals surface area contributed by atoms with Gasteiger partial charge in [-0.2, -0.15) is 0 Å². The summed E-state index contributed by atoms with van der Waals surface area (Å²) in [7, 11) is 0. The molecule has 0 fully saturated rings. The first-order valence-corrected chi connectivity index (χ1v) is 6.47. The van der Waals surface area contributed by atoms with Gasteiger partial charge in [0.2, 0.25) is 0 Å². The normalized spacial score (nSPS) is 11.8. The number of hydrogen-bond acceptors (Lipinski definition) is 1. The van der Waals surface area contributed by atoms with Gasteiger partial charge in [-0.25, -0.2) is 0 Å². The van der Waals surface area contributed by atoms with E-state index in [2.05, 4.69) is 28.7 Å². The molecule has 0 saturated heterocycles. The van der Waals surface area contributed by atoms with E-state index in [0.717, 1.165) is 18.4 Å². The largest absolute Gasteiger partial charge is 0.392 e. The molecular weight excluding hydrogens is 322 g/mol. The minimum Gasteiger partial charge on any atom is -0.392 e. The van der Waals surface area contributed by atoms with Gasteiger partial charge in [0.05, 0.1) is 6.61 Å². The van der Waals surface area contributed by atoms with Crippen molar-refractivity contribution in [2.45, 2.75) is 19.4 Å². The maximum Gasteiger partial charge on any atom is 0.0684 e. The van der Waals surface area contributed by atoms with Gasteiger partial charge in [-0.15, -0.1) is 11.6 Å². The van der Waals surface area contributed by atoms with Gasteiger partial charge in [0.15, 0.2) is 0 Å². The van der Waals surface area contributed by atoms with Crippen LogP contribution in [-0.4, -0.2) is 11.0 Å². The smallest absolute Gasteiger partial charge is 0.0684 e. The second-order valence-corrected chi connectivity index (χ2v) is 4.93. The molecule has 0 bridgehead atoms. The molecule has 0 spiro atoms. The molecule has 3 heteroatoms. The Hall–Kier alpha value is -0.0600. The number of hydrogen-bond donors (Lipinski definition) is 1. The molecule has 0 radical (unpaired) electrons. The van der Waals surface area contributed by atoms with Crippen LogP contribution in [-0.2, 0) is 13.0 Å². The Morgan fingerprint density at radius 2 is 2.00 bits per heavy atom. The molecule has 1 aromatic carbocycles. The fraction of sp³-hybridized carbons (Fsp3) is 0.333. The molecule has 1 rings (SSSR count). The second kappa shape index (κ2) is 7.25. The van der Waals surface area contributed by atoms with Crippen molar-refractivity contribution < 1.29 is 5.11 Å². The van der Waals surface area contributed by atoms with Crippen LogP contribution < -0.4 is 0 Å². The number of aliphatic hydroxyl groups excluding tert-OH is 1. The minimum atomic E-state index is 0.117. The fourth-order valence-corrected chi connectivity index (χ4v) is 2.33. The van der Waals surface area contributed by atoms with Crippen molar-refractivity contribution >= 4 is 34.2 Å². The van der Waals surface area contributed by atoms with Gasteiger partial charge in [0, 0.05) is 5.88 Å². The predicted molar refractivity (Wildman–Crippen MR) is 73.5 cm³/mol. The van der Waals surface area contributed by atoms with Crippen LogP contribution in [0.2, 0.25) is 0 Å². The maximum atomic E-state index is 9.15. The molecule has 1 nitrogen and oxygen atoms in total. The molecule has 1 aromatic rings. The van der Waals surface area contributed by atoms with E-state index in [4.69, 9.17) is 16.7 Å². The molecule has 0 aromatic heterocycles. The molecule has 1 N–H and O–H groups in total. The number of allylic oxidation sites excluding steroid dienone is 2. The van der Waals surface area contributed by atoms with Gasteiger partial charge >= 0.3 is 0 Å². The molecule has 0 amide bonds. The molecule has 0 atom stereocenters. The summed E-state index contributed by atoms with van der Waals surface area (Å²) in [6.07, 6.45) is 3.97. The maximum absolute atomic E-state index is 9.15. The van der Waals surface area contributed by atoms with E-state index in [0.29, 0.717) is 5.88 Å². The lowest BCUT2D eigenvalue weighted by Crippen LogP contribution is -1.93. The Morgan fingerprint density at radius 3 is 2.60 bits per heavy atom. The second-order valence-electron chi connectivity index (χ2n) is 3.23. The van der Waals surface area contributed by atoms with Crippen LogP contribution in [0.15, 0.2) is 33.9 Å². The lowest BCUT2D eigenvalue weighted by atomic mass is 10.0. The van der Waals surface area contributed by atoms with Crippen molar-refractivity contribution in [2.75, 3.05) is 5.88 Å². The van der Waals surface area contributed by atoms with Gasteiger partial charge < -0.3 is 5.11 Å². The molecular formula is C12H14ClIO. The predicted octanol–water partition coefficient (Wildman–Crippen LogP) is 3.67. The molecule has 0 aliphatic carbocycles. The zero-order valence-electron chi connectivity index (χ0n) is 8.42. The van der Waals surface area contributed by atoms with Crippen LogP contribution >= 0.6 is 34.2 Å². The highest BCUT2D eigenvalue weighted by Gasteiger charge is 2.00. The topological polar surface area (TPSA) is 20.2 Å². The first kappa shape index (κ1) is 13.0. The summed E-state index contributed by atoms with van der Waals surface area (Å²) in [6.45, 7) is 0.117. The molecule has 0 heterocycles. The van der Waals surface area contributed by atoms with E-state index < -0.39 is 0 Å². The Morgan fingerprint density at radius 1 is 1.33 bits per heavy atom. The molecule has 0 aliphatic heterocycles. The summed E-state index contributed by atoms with van der Waals surface area (Å²) < 4.78 is 1.27. The summed E-state index contributed by atoms with van der Waals surface area (Å²) >= 11 is 7.92. The summed E-state index contributed by atoms with van der Waals surface area (Å²) in [5.74, 6) is 0.569. The van der Waals surface area contributed by atoms with E-state index in [9.17, 15) is 0 Å². The van der Waals surface area contributed by atoms with Gasteiger partial charge in [0.25, 0.3) is 0 Å². The van der Waals surface area contributed by atoms with Crippen molar-refractivity contribution in [1.29, 1.82) is 0 Å². The minimum absolute atomic E-state index is 0.117. The lowest BCUT2D eigenvalue weighted by Gasteiger charge is -2.06. The number of rotatable bonds is 5. The third-order valence-electron chi connectivity index (χ3n) is 2.22. The highest BCUT2D eigenvalue weighted by molar-refractivity contribution is 14.1. The Labute approximate surface area is 109 Å². The first-order chi connectivity index (χ1) is 7.27. The van der Waals surface area contributed by atoms with Gasteiger partial charge in [-0.3, -0.25) is 0 Å². The Bertz CT molecular complexity index is 336. The third-order valence-corrected chi connectivity index (χ3v) is 3.35. The molecule has 15 heavy (non-hydrogen) atoms. The molecule has 82 valence electrons. The number of aryl methyl sites for hydroxylation is 1. The number of alkyl halides is 1. The number of benzene rings is 1. The molecule has 0 saturated carbocycles. The SMILES string of the molecule is OCc1ccccc1CC/C(I)=C/CCl. The monoisotopic (exact) mass is 336 g/mol. The molecule has 0 unspecified atom stereocenters. The van der Waals surface area contributed by atoms with Gasteiger partial charge in [-0.05, 0) is 50.1 Å². The van der Waals surface area contributed by atoms with Crippen LogP contribution in [0.5, 0.6) is 0 Å². The fourth-order valence-electron chi connectivity index (χ4n) is 1.40. The van der Waals surface area contributed by atoms with Crippen molar-refractivity contribution in [3.05, 3.63) is 45.0 Å². The van der Waals surface area contributed by atoms with Crippen molar-refractivity contribution in [2.24, 2.45) is 0 Å². The standard InChI is InChI=1S/C12H14ClIO/c13-8-7-12(14)6-5-10-3-1-2-4-11(10)9-15/h1-4,7,15H,5-6,8-9H2/b12-7-. The van der Waals surface area contributed by atoms with Gasteiger partial charge in [0.1, 0.15) is 0 Å². The number of aliphatic hydroxyl groups is 1. The zero-order chi connectivity index (χ0) is 11.1. The summed E-state index contributed by atoms with van der Waals surface area (Å²) in [5, 5.41) is 9.15. The van der Waals surface area contributed by atoms with Crippen LogP contribution in [0.25, 0.3) is 0 Å². The molecule has 0 aliphatic rings. The van der Waals surface area contributed by atoms with E-state index in [1.165, 1.54) is 9.14 Å². The summed E-state index contributed by atoms with van der Waals surface area (Å²) in [4.78, 5) is 0. The van der Waals surface area contributed by atoms with Crippen LogP contribution in [0.1, 0.15) is 17.5 Å². The average Bonchev–Trinajstić information content (AvgIpc) is 2.27. The zero-order valence-corrected chi connectivity index (χ0v) is 11.3. The van der Waals surface area contributed by atoms with Crippen molar-refractivity contribution in [1.82, 2.24) is 0 Å². The number of halogens is 2. The van der Waals surface area contributed by atoms with Crippen LogP contribution in [0.4, 0.5) is 0 Å². The van der Waals surface area contributed by atoms with Crippen molar-refractivity contribution in [3.63, 3.8) is 0 Å². The van der Waals surface area contributed by atoms with Crippen LogP contribution in [0.3, 0.4) is 0 Å². The third kappa shape index (κ3) is 4.53. The quantitative estimate of drug-likeness (QED) is 0.642. The highest BCUT2D eigenvalue weighted by atomic mass is 127. The van der Waals surface area contributed by atoms with E-state index in [-0.39, 0.29) is 6.61 Å². The van der Waals surface area contributed by atoms with Crippen molar-refractivity contribution in [3.8, 4) is 0 Å². The van der Waals surface area contributed by atoms with Crippen LogP contribution in [0, 0.1) is 0 Å². The summed E-state index contributed by atoms with van der Waals surface area (Å²) in [6, 6.07) is 7.99. The van der Waals surface area contributed by atoms with Gasteiger partial charge in [-0.1, -0.05) is 30.3 Å². The average molecular weight is 337 g/mol. The van der Waals surface area contributed by atoms with E-state index in [1.807, 2.05) is 24.3 Å². The Kier molecular flexibility index (Phi) is 6.29. The lowest BCUT2D eigenvalue weighted by molar-refractivity contribution is 0.280. The van der Waals surface area contributed by atoms with E-state index >= 15 is 0 Å². The Balaban J connectivity index is 2.61. The summed E-state index contributed by atoms with van der Waals surface area (Å²) in [5.41, 5.74) is 2.24. The first-order valence-electron chi connectivity index (χ1n) is 4.86. The highest BCUT2D eigenvalue weighted by Crippen LogP contribution is 2.18. The van der Waals surface area contributed by atoms with E-state index in [1.54, 1.807) is 0 Å².